The average molecular weight is 177 g/mol. The van der Waals surface area contributed by atoms with E-state index in [1.165, 1.54) is 5.56 Å². The molecular weight excluding hydrogens is 162 g/mol. The molecule has 0 atom stereocenters. The van der Waals surface area contributed by atoms with Crippen molar-refractivity contribution in [3.05, 3.63) is 36.4 Å². The molecule has 0 radical (unpaired) electrons. The van der Waals surface area contributed by atoms with Crippen LogP contribution in [0.1, 0.15) is 12.5 Å². The van der Waals surface area contributed by atoms with E-state index in [2.05, 4.69) is 13.5 Å². The number of benzene rings is 1. The minimum Gasteiger partial charge on any atom is -0.487 e. The molecule has 0 fully saturated rings. The summed E-state index contributed by atoms with van der Waals surface area (Å²) in [6.45, 7) is 6.17. The van der Waals surface area contributed by atoms with Gasteiger partial charge in [-0.2, -0.15) is 0 Å². The Morgan fingerprint density at radius 2 is 2.31 bits per heavy atom. The summed E-state index contributed by atoms with van der Waals surface area (Å²) in [5.41, 5.74) is 7.70. The second-order valence-electron chi connectivity index (χ2n) is 2.83. The first-order valence-electron chi connectivity index (χ1n) is 4.40. The van der Waals surface area contributed by atoms with E-state index >= 15 is 0 Å². The number of aryl methyl sites for hydroxylation is 1. The molecular formula is C11H15NO. The Balaban J connectivity index is 2.78. The third-order valence-corrected chi connectivity index (χ3v) is 1.84. The quantitative estimate of drug-likeness (QED) is 0.566. The maximum absolute atomic E-state index is 5.78. The summed E-state index contributed by atoms with van der Waals surface area (Å²) in [7, 11) is 0. The molecule has 0 amide bonds. The summed E-state index contributed by atoms with van der Waals surface area (Å²) in [5, 5.41) is 0. The molecule has 2 N–H and O–H groups in total. The van der Waals surface area contributed by atoms with Gasteiger partial charge in [0.25, 0.3) is 0 Å². The molecule has 0 aliphatic carbocycles. The van der Waals surface area contributed by atoms with E-state index in [1.54, 1.807) is 6.08 Å². The Labute approximate surface area is 79.0 Å². The smallest absolute Gasteiger partial charge is 0.142 e. The van der Waals surface area contributed by atoms with Crippen LogP contribution in [0.4, 0.5) is 5.69 Å². The van der Waals surface area contributed by atoms with Crippen LogP contribution in [-0.2, 0) is 6.42 Å². The minimum atomic E-state index is 0.496. The molecule has 1 aromatic rings. The van der Waals surface area contributed by atoms with Crippen molar-refractivity contribution in [1.29, 1.82) is 0 Å². The highest BCUT2D eigenvalue weighted by molar-refractivity contribution is 5.54. The molecule has 1 aromatic carbocycles. The molecule has 13 heavy (non-hydrogen) atoms. The molecule has 0 aliphatic heterocycles. The molecule has 0 bridgehead atoms. The lowest BCUT2D eigenvalue weighted by Crippen LogP contribution is -1.98. The van der Waals surface area contributed by atoms with Crippen LogP contribution < -0.4 is 10.5 Å². The number of anilines is 1. The second kappa shape index (κ2) is 4.55. The Hall–Kier alpha value is -1.44. The van der Waals surface area contributed by atoms with Gasteiger partial charge < -0.3 is 10.5 Å². The van der Waals surface area contributed by atoms with Crippen LogP contribution in [0, 0.1) is 0 Å². The fourth-order valence-corrected chi connectivity index (χ4v) is 1.10. The molecule has 2 nitrogen and oxygen atoms in total. The molecule has 0 unspecified atom stereocenters. The van der Waals surface area contributed by atoms with Gasteiger partial charge in [0, 0.05) is 0 Å². The number of nitrogen functional groups attached to an aromatic ring is 1. The number of hydrogen-bond acceptors (Lipinski definition) is 2. The summed E-state index contributed by atoms with van der Waals surface area (Å²) in [6, 6.07) is 5.87. The largest absolute Gasteiger partial charge is 0.487 e. The third-order valence-electron chi connectivity index (χ3n) is 1.84. The monoisotopic (exact) mass is 177 g/mol. The highest BCUT2D eigenvalue weighted by Gasteiger charge is 1.99. The van der Waals surface area contributed by atoms with Crippen LogP contribution in [0.5, 0.6) is 5.75 Å². The van der Waals surface area contributed by atoms with Gasteiger partial charge in [0.2, 0.25) is 0 Å². The molecule has 0 aliphatic rings. The van der Waals surface area contributed by atoms with Crippen molar-refractivity contribution in [1.82, 2.24) is 0 Å². The summed E-state index contributed by atoms with van der Waals surface area (Å²) in [5.74, 6) is 0.733. The Bertz CT molecular complexity index is 294. The zero-order chi connectivity index (χ0) is 9.68. The van der Waals surface area contributed by atoms with Crippen LogP contribution in [0.2, 0.25) is 0 Å². The van der Waals surface area contributed by atoms with Crippen LogP contribution in [0.3, 0.4) is 0 Å². The normalized spacial score (nSPS) is 9.62. The second-order valence-corrected chi connectivity index (χ2v) is 2.83. The van der Waals surface area contributed by atoms with Gasteiger partial charge in [-0.25, -0.2) is 0 Å². The average Bonchev–Trinajstić information content (AvgIpc) is 2.16. The van der Waals surface area contributed by atoms with Crippen molar-refractivity contribution < 1.29 is 4.74 Å². The maximum atomic E-state index is 5.78. The van der Waals surface area contributed by atoms with E-state index in [0.29, 0.717) is 12.3 Å². The summed E-state index contributed by atoms with van der Waals surface area (Å²) < 4.78 is 5.34. The lowest BCUT2D eigenvalue weighted by atomic mass is 10.1. The lowest BCUT2D eigenvalue weighted by molar-refractivity contribution is 0.365. The molecule has 2 heteroatoms. The van der Waals surface area contributed by atoms with E-state index in [1.807, 2.05) is 18.2 Å². The van der Waals surface area contributed by atoms with Crippen molar-refractivity contribution in [3.8, 4) is 5.75 Å². The maximum Gasteiger partial charge on any atom is 0.142 e. The van der Waals surface area contributed by atoms with Crippen molar-refractivity contribution in [2.75, 3.05) is 12.3 Å². The highest BCUT2D eigenvalue weighted by atomic mass is 16.5. The number of hydrogen-bond donors (Lipinski definition) is 1. The summed E-state index contributed by atoms with van der Waals surface area (Å²) in [4.78, 5) is 0. The Morgan fingerprint density at radius 1 is 1.54 bits per heavy atom. The molecule has 0 aromatic heterocycles. The predicted octanol–water partition coefficient (Wildman–Crippen LogP) is 2.40. The van der Waals surface area contributed by atoms with Gasteiger partial charge in [0.15, 0.2) is 0 Å². The van der Waals surface area contributed by atoms with Crippen LogP contribution in [0.15, 0.2) is 30.9 Å². The van der Waals surface area contributed by atoms with E-state index in [0.717, 1.165) is 12.2 Å². The van der Waals surface area contributed by atoms with Gasteiger partial charge in [-0.1, -0.05) is 25.6 Å². The minimum absolute atomic E-state index is 0.496. The third kappa shape index (κ3) is 2.51. The van der Waals surface area contributed by atoms with E-state index in [9.17, 15) is 0 Å². The van der Waals surface area contributed by atoms with Crippen molar-refractivity contribution in [3.63, 3.8) is 0 Å². The van der Waals surface area contributed by atoms with Crippen molar-refractivity contribution in [2.45, 2.75) is 13.3 Å². The van der Waals surface area contributed by atoms with Crippen LogP contribution >= 0.6 is 0 Å². The number of nitrogens with two attached hydrogens (primary N) is 1. The first kappa shape index (κ1) is 9.65. The molecule has 0 heterocycles. The first-order chi connectivity index (χ1) is 6.27. The molecule has 0 saturated heterocycles. The zero-order valence-corrected chi connectivity index (χ0v) is 7.92. The van der Waals surface area contributed by atoms with Gasteiger partial charge >= 0.3 is 0 Å². The van der Waals surface area contributed by atoms with Crippen LogP contribution in [-0.4, -0.2) is 6.61 Å². The number of rotatable bonds is 4. The van der Waals surface area contributed by atoms with E-state index in [4.69, 9.17) is 10.5 Å². The number of ether oxygens (including phenoxy) is 1. The van der Waals surface area contributed by atoms with Crippen molar-refractivity contribution >= 4 is 5.69 Å². The van der Waals surface area contributed by atoms with Gasteiger partial charge in [-0.15, -0.1) is 0 Å². The molecule has 0 spiro atoms. The van der Waals surface area contributed by atoms with Gasteiger partial charge in [0.1, 0.15) is 12.4 Å². The predicted molar refractivity (Wildman–Crippen MR) is 55.9 cm³/mol. The Kier molecular flexibility index (Phi) is 3.38. The molecule has 70 valence electrons. The lowest BCUT2D eigenvalue weighted by Gasteiger charge is -2.07. The molecule has 0 saturated carbocycles. The topological polar surface area (TPSA) is 35.2 Å². The SMILES string of the molecule is C=CCOc1ccc(CC)cc1N. The Morgan fingerprint density at radius 3 is 2.85 bits per heavy atom. The van der Waals surface area contributed by atoms with E-state index in [-0.39, 0.29) is 0 Å². The van der Waals surface area contributed by atoms with E-state index < -0.39 is 0 Å². The van der Waals surface area contributed by atoms with Gasteiger partial charge in [-0.3, -0.25) is 0 Å². The van der Waals surface area contributed by atoms with Crippen LogP contribution in [0.25, 0.3) is 0 Å². The zero-order valence-electron chi connectivity index (χ0n) is 7.92. The first-order valence-corrected chi connectivity index (χ1v) is 4.40. The fraction of sp³-hybridized carbons (Fsp3) is 0.273. The fourth-order valence-electron chi connectivity index (χ4n) is 1.10. The van der Waals surface area contributed by atoms with Gasteiger partial charge in [-0.05, 0) is 24.1 Å². The molecule has 1 rings (SSSR count). The summed E-state index contributed by atoms with van der Waals surface area (Å²) in [6.07, 6.45) is 2.69. The van der Waals surface area contributed by atoms with Gasteiger partial charge in [0.05, 0.1) is 5.69 Å². The highest BCUT2D eigenvalue weighted by Crippen LogP contribution is 2.22. The van der Waals surface area contributed by atoms with Crippen molar-refractivity contribution in [2.24, 2.45) is 0 Å². The standard InChI is InChI=1S/C11H15NO/c1-3-7-13-11-6-5-9(4-2)8-10(11)12/h3,5-6,8H,1,4,7,12H2,2H3. The summed E-state index contributed by atoms with van der Waals surface area (Å²) >= 11 is 0.